The first kappa shape index (κ1) is 11.0. The Morgan fingerprint density at radius 2 is 2.00 bits per heavy atom. The average molecular weight is 237 g/mol. The summed E-state index contributed by atoms with van der Waals surface area (Å²) < 4.78 is 0. The van der Waals surface area contributed by atoms with Crippen molar-refractivity contribution >= 4 is 30.2 Å². The third-order valence-corrected chi connectivity index (χ3v) is 2.88. The summed E-state index contributed by atoms with van der Waals surface area (Å²) in [4.78, 5) is 23.9. The molecule has 1 heterocycles. The number of hydrogen-bond acceptors (Lipinski definition) is 3. The predicted octanol–water partition coefficient (Wildman–Crippen LogP) is 1.42. The van der Waals surface area contributed by atoms with E-state index in [4.69, 9.17) is 5.11 Å². The molecule has 1 unspecified atom stereocenters. The van der Waals surface area contributed by atoms with Crippen LogP contribution in [0.3, 0.4) is 0 Å². The van der Waals surface area contributed by atoms with E-state index in [1.54, 1.807) is 17.0 Å². The highest BCUT2D eigenvalue weighted by Crippen LogP contribution is 2.24. The molecule has 1 aliphatic rings. The molecule has 0 aliphatic carbocycles. The number of amides is 1. The van der Waals surface area contributed by atoms with Gasteiger partial charge >= 0.3 is 5.97 Å². The van der Waals surface area contributed by atoms with E-state index >= 15 is 0 Å². The molecule has 1 amide bonds. The van der Waals surface area contributed by atoms with Crippen molar-refractivity contribution in [2.45, 2.75) is 11.7 Å². The van der Waals surface area contributed by atoms with Crippen LogP contribution in [0.4, 0.5) is 5.69 Å². The minimum absolute atomic E-state index is 0.0306. The Morgan fingerprint density at radius 1 is 1.38 bits per heavy atom. The van der Waals surface area contributed by atoms with Crippen LogP contribution < -0.4 is 4.90 Å². The quantitative estimate of drug-likeness (QED) is 0.765. The lowest BCUT2D eigenvalue weighted by atomic mass is 10.2. The lowest BCUT2D eigenvalue weighted by molar-refractivity contribution is -0.117. The van der Waals surface area contributed by atoms with Crippen molar-refractivity contribution in [2.24, 2.45) is 0 Å². The molecule has 0 radical (unpaired) electrons. The van der Waals surface area contributed by atoms with Gasteiger partial charge in [0, 0.05) is 23.9 Å². The number of anilines is 1. The van der Waals surface area contributed by atoms with Gasteiger partial charge in [0.2, 0.25) is 5.91 Å². The normalized spacial score (nSPS) is 20.2. The standard InChI is InChI=1S/C11H11NO3S/c13-10-5-9(16)6-12(10)8-3-1-7(2-4-8)11(14)15/h1-4,9,16H,5-6H2,(H,14,15). The molecule has 1 fully saturated rings. The summed E-state index contributed by atoms with van der Waals surface area (Å²) >= 11 is 4.26. The summed E-state index contributed by atoms with van der Waals surface area (Å²) in [5, 5.41) is 8.80. The third-order valence-electron chi connectivity index (χ3n) is 2.53. The molecule has 2 rings (SSSR count). The van der Waals surface area contributed by atoms with E-state index in [2.05, 4.69) is 12.6 Å². The van der Waals surface area contributed by atoms with Crippen LogP contribution in [-0.4, -0.2) is 28.8 Å². The molecular formula is C11H11NO3S. The van der Waals surface area contributed by atoms with Crippen molar-refractivity contribution < 1.29 is 14.7 Å². The first-order valence-corrected chi connectivity index (χ1v) is 5.41. The first-order chi connectivity index (χ1) is 7.58. The van der Waals surface area contributed by atoms with Crippen molar-refractivity contribution in [3.63, 3.8) is 0 Å². The number of thiol groups is 1. The fourth-order valence-corrected chi connectivity index (χ4v) is 2.04. The Kier molecular flexibility index (Phi) is 2.87. The van der Waals surface area contributed by atoms with Crippen molar-refractivity contribution in [1.29, 1.82) is 0 Å². The van der Waals surface area contributed by atoms with Gasteiger partial charge in [-0.3, -0.25) is 4.79 Å². The summed E-state index contributed by atoms with van der Waals surface area (Å²) in [6.45, 7) is 0.578. The van der Waals surface area contributed by atoms with Crippen molar-refractivity contribution in [2.75, 3.05) is 11.4 Å². The third kappa shape index (κ3) is 2.04. The summed E-state index contributed by atoms with van der Waals surface area (Å²) in [5.41, 5.74) is 0.948. The highest BCUT2D eigenvalue weighted by molar-refractivity contribution is 7.81. The van der Waals surface area contributed by atoms with Crippen LogP contribution in [0, 0.1) is 0 Å². The van der Waals surface area contributed by atoms with Gasteiger partial charge in [-0.2, -0.15) is 12.6 Å². The zero-order valence-electron chi connectivity index (χ0n) is 8.46. The first-order valence-electron chi connectivity index (χ1n) is 4.89. The Morgan fingerprint density at radius 3 is 2.44 bits per heavy atom. The SMILES string of the molecule is O=C(O)c1ccc(N2CC(S)CC2=O)cc1. The smallest absolute Gasteiger partial charge is 0.335 e. The lowest BCUT2D eigenvalue weighted by Gasteiger charge is -2.15. The molecule has 84 valence electrons. The van der Waals surface area contributed by atoms with Gasteiger partial charge in [-0.1, -0.05) is 0 Å². The van der Waals surface area contributed by atoms with Gasteiger partial charge in [0.25, 0.3) is 0 Å². The second kappa shape index (κ2) is 4.17. The molecule has 0 bridgehead atoms. The van der Waals surface area contributed by atoms with Crippen LogP contribution in [0.5, 0.6) is 0 Å². The fraction of sp³-hybridized carbons (Fsp3) is 0.273. The van der Waals surface area contributed by atoms with Gasteiger partial charge in [-0.05, 0) is 24.3 Å². The molecule has 1 saturated heterocycles. The zero-order chi connectivity index (χ0) is 11.7. The van der Waals surface area contributed by atoms with Crippen LogP contribution in [0.25, 0.3) is 0 Å². The number of carbonyl (C=O) groups is 2. The Hall–Kier alpha value is -1.49. The molecule has 1 aliphatic heterocycles. The molecular weight excluding hydrogens is 226 g/mol. The van der Waals surface area contributed by atoms with Crippen LogP contribution in [0.15, 0.2) is 24.3 Å². The van der Waals surface area contributed by atoms with E-state index in [1.807, 2.05) is 0 Å². The van der Waals surface area contributed by atoms with Gasteiger partial charge in [0.05, 0.1) is 5.56 Å². The zero-order valence-corrected chi connectivity index (χ0v) is 9.35. The van der Waals surface area contributed by atoms with Gasteiger partial charge in [0.15, 0.2) is 0 Å². The summed E-state index contributed by atoms with van der Waals surface area (Å²) in [6.07, 6.45) is 0.434. The number of carboxylic acids is 1. The molecule has 16 heavy (non-hydrogen) atoms. The fourth-order valence-electron chi connectivity index (χ4n) is 1.72. The van der Waals surface area contributed by atoms with Crippen LogP contribution in [0.1, 0.15) is 16.8 Å². The number of rotatable bonds is 2. The van der Waals surface area contributed by atoms with Crippen LogP contribution in [0.2, 0.25) is 0 Å². The maximum absolute atomic E-state index is 11.6. The predicted molar refractivity (Wildman–Crippen MR) is 63.1 cm³/mol. The monoisotopic (exact) mass is 237 g/mol. The second-order valence-electron chi connectivity index (χ2n) is 3.71. The number of carbonyl (C=O) groups excluding carboxylic acids is 1. The molecule has 5 heteroatoms. The summed E-state index contributed by atoms with van der Waals surface area (Å²) in [6, 6.07) is 6.29. The Balaban J connectivity index is 2.22. The highest BCUT2D eigenvalue weighted by Gasteiger charge is 2.28. The number of nitrogens with zero attached hydrogens (tertiary/aromatic N) is 1. The number of hydrogen-bond donors (Lipinski definition) is 2. The molecule has 4 nitrogen and oxygen atoms in total. The maximum Gasteiger partial charge on any atom is 0.335 e. The van der Waals surface area contributed by atoms with Gasteiger partial charge in [-0.15, -0.1) is 0 Å². The molecule has 0 saturated carbocycles. The molecule has 1 aromatic rings. The maximum atomic E-state index is 11.6. The molecule has 1 atom stereocenters. The van der Waals surface area contributed by atoms with E-state index in [9.17, 15) is 9.59 Å². The van der Waals surface area contributed by atoms with E-state index in [0.717, 1.165) is 5.69 Å². The molecule has 1 N–H and O–H groups in total. The topological polar surface area (TPSA) is 57.6 Å². The second-order valence-corrected chi connectivity index (χ2v) is 4.44. The number of carboxylic acid groups (broad SMARTS) is 1. The van der Waals surface area contributed by atoms with E-state index in [-0.39, 0.29) is 16.7 Å². The highest BCUT2D eigenvalue weighted by atomic mass is 32.1. The summed E-state index contributed by atoms with van der Waals surface area (Å²) in [5.74, 6) is -0.936. The van der Waals surface area contributed by atoms with Crippen molar-refractivity contribution in [3.05, 3.63) is 29.8 Å². The minimum atomic E-state index is -0.966. The van der Waals surface area contributed by atoms with Gasteiger partial charge in [0.1, 0.15) is 0 Å². The van der Waals surface area contributed by atoms with Crippen molar-refractivity contribution in [1.82, 2.24) is 0 Å². The van der Waals surface area contributed by atoms with E-state index in [0.29, 0.717) is 13.0 Å². The Bertz CT molecular complexity index is 429. The van der Waals surface area contributed by atoms with Crippen LogP contribution >= 0.6 is 12.6 Å². The van der Waals surface area contributed by atoms with Crippen LogP contribution in [-0.2, 0) is 4.79 Å². The minimum Gasteiger partial charge on any atom is -0.478 e. The summed E-state index contributed by atoms with van der Waals surface area (Å²) in [7, 11) is 0. The average Bonchev–Trinajstić information content (AvgIpc) is 2.58. The van der Waals surface area contributed by atoms with Gasteiger partial charge < -0.3 is 10.0 Å². The van der Waals surface area contributed by atoms with E-state index in [1.165, 1.54) is 12.1 Å². The molecule has 0 spiro atoms. The number of aromatic carboxylic acids is 1. The largest absolute Gasteiger partial charge is 0.478 e. The Labute approximate surface area is 98.3 Å². The molecule has 1 aromatic carbocycles. The van der Waals surface area contributed by atoms with E-state index < -0.39 is 5.97 Å². The van der Waals surface area contributed by atoms with Crippen molar-refractivity contribution in [3.8, 4) is 0 Å². The van der Waals surface area contributed by atoms with Gasteiger partial charge in [-0.25, -0.2) is 4.79 Å². The lowest BCUT2D eigenvalue weighted by Crippen LogP contribution is -2.24. The number of benzene rings is 1. The molecule has 0 aromatic heterocycles.